The van der Waals surface area contributed by atoms with Gasteiger partial charge in [0.2, 0.25) is 0 Å². The number of nitrogens with zero attached hydrogens (tertiary/aromatic N) is 2. The number of esters is 1. The predicted octanol–water partition coefficient (Wildman–Crippen LogP) is 3.28. The Morgan fingerprint density at radius 2 is 1.97 bits per heavy atom. The van der Waals surface area contributed by atoms with Gasteiger partial charge in [0, 0.05) is 11.6 Å². The van der Waals surface area contributed by atoms with E-state index in [9.17, 15) is 14.7 Å². The SMILES string of the molecule is CCOC(=O)C1=C(C)N=c2s/c(=C/c3cccc(O)c3)c(=O)n2[C@H]1c1cc(Br)c(OC)cc1OC. The highest BCUT2D eigenvalue weighted by molar-refractivity contribution is 9.10. The molecule has 1 aliphatic heterocycles. The summed E-state index contributed by atoms with van der Waals surface area (Å²) in [6.45, 7) is 3.61. The minimum atomic E-state index is -0.839. The lowest BCUT2D eigenvalue weighted by Crippen LogP contribution is -2.40. The van der Waals surface area contributed by atoms with Crippen LogP contribution >= 0.6 is 27.3 Å². The van der Waals surface area contributed by atoms with Crippen LogP contribution in [-0.2, 0) is 9.53 Å². The summed E-state index contributed by atoms with van der Waals surface area (Å²) in [6.07, 6.45) is 1.69. The number of fused-ring (bicyclic) bond motifs is 1. The first-order chi connectivity index (χ1) is 16.8. The fourth-order valence-electron chi connectivity index (χ4n) is 3.95. The monoisotopic (exact) mass is 558 g/mol. The molecule has 10 heteroatoms. The summed E-state index contributed by atoms with van der Waals surface area (Å²) >= 11 is 4.70. The lowest BCUT2D eigenvalue weighted by molar-refractivity contribution is -0.139. The molecule has 182 valence electrons. The molecule has 2 heterocycles. The maximum atomic E-state index is 13.7. The van der Waals surface area contributed by atoms with Crippen LogP contribution in [-0.4, -0.2) is 36.5 Å². The van der Waals surface area contributed by atoms with Crippen molar-refractivity contribution in [2.75, 3.05) is 20.8 Å². The first kappa shape index (κ1) is 24.7. The summed E-state index contributed by atoms with van der Waals surface area (Å²) in [5, 5.41) is 9.82. The number of carbonyl (C=O) groups is 1. The zero-order valence-corrected chi connectivity index (χ0v) is 21.9. The molecule has 35 heavy (non-hydrogen) atoms. The van der Waals surface area contributed by atoms with Gasteiger partial charge in [0.1, 0.15) is 23.3 Å². The second kappa shape index (κ2) is 10.1. The summed E-state index contributed by atoms with van der Waals surface area (Å²) in [6, 6.07) is 9.23. The summed E-state index contributed by atoms with van der Waals surface area (Å²) in [5.41, 5.74) is 1.61. The van der Waals surface area contributed by atoms with Crippen molar-refractivity contribution in [1.82, 2.24) is 4.57 Å². The van der Waals surface area contributed by atoms with E-state index in [-0.39, 0.29) is 23.5 Å². The van der Waals surface area contributed by atoms with Crippen LogP contribution < -0.4 is 24.4 Å². The van der Waals surface area contributed by atoms with Crippen LogP contribution in [0, 0.1) is 0 Å². The summed E-state index contributed by atoms with van der Waals surface area (Å²) in [4.78, 5) is 31.8. The Kier molecular flexibility index (Phi) is 7.13. The highest BCUT2D eigenvalue weighted by Crippen LogP contribution is 2.41. The van der Waals surface area contributed by atoms with Gasteiger partial charge in [-0.2, -0.15) is 0 Å². The Labute approximate surface area is 213 Å². The van der Waals surface area contributed by atoms with Gasteiger partial charge in [-0.05, 0) is 59.6 Å². The smallest absolute Gasteiger partial charge is 0.338 e. The average molecular weight is 559 g/mol. The van der Waals surface area contributed by atoms with E-state index in [1.54, 1.807) is 56.3 Å². The van der Waals surface area contributed by atoms with Crippen LogP contribution in [0.1, 0.15) is 31.0 Å². The van der Waals surface area contributed by atoms with Crippen molar-refractivity contribution in [3.63, 3.8) is 0 Å². The molecule has 0 spiro atoms. The van der Waals surface area contributed by atoms with E-state index < -0.39 is 12.0 Å². The molecule has 1 aromatic heterocycles. The fourth-order valence-corrected chi connectivity index (χ4v) is 5.52. The Morgan fingerprint density at radius 3 is 2.63 bits per heavy atom. The van der Waals surface area contributed by atoms with Gasteiger partial charge in [-0.1, -0.05) is 23.5 Å². The van der Waals surface area contributed by atoms with Crippen LogP contribution in [0.25, 0.3) is 6.08 Å². The van der Waals surface area contributed by atoms with Gasteiger partial charge in [-0.3, -0.25) is 9.36 Å². The lowest BCUT2D eigenvalue weighted by atomic mass is 9.95. The largest absolute Gasteiger partial charge is 0.508 e. The van der Waals surface area contributed by atoms with Gasteiger partial charge in [-0.25, -0.2) is 9.79 Å². The van der Waals surface area contributed by atoms with Gasteiger partial charge in [0.05, 0.1) is 41.1 Å². The number of aromatic nitrogens is 1. The number of rotatable bonds is 6. The number of carbonyl (C=O) groups excluding carboxylic acids is 1. The molecule has 0 amide bonds. The van der Waals surface area contributed by atoms with Gasteiger partial charge in [-0.15, -0.1) is 0 Å². The zero-order valence-electron chi connectivity index (χ0n) is 19.5. The van der Waals surface area contributed by atoms with Crippen LogP contribution in [0.5, 0.6) is 17.2 Å². The predicted molar refractivity (Wildman–Crippen MR) is 136 cm³/mol. The number of hydrogen-bond acceptors (Lipinski definition) is 8. The van der Waals surface area contributed by atoms with E-state index >= 15 is 0 Å². The first-order valence-corrected chi connectivity index (χ1v) is 12.3. The third-order valence-electron chi connectivity index (χ3n) is 5.48. The standard InChI is InChI=1S/C25H23BrN2O6S/c1-5-34-24(31)21-13(2)27-25-28(22(21)16-11-17(26)19(33-4)12-18(16)32-3)23(30)20(35-25)10-14-7-6-8-15(29)9-14/h6-12,22,29H,5H2,1-4H3/b20-10+/t22-/m0/s1. The molecule has 3 aromatic rings. The molecule has 0 saturated heterocycles. The normalized spacial score (nSPS) is 15.5. The third-order valence-corrected chi connectivity index (χ3v) is 7.09. The van der Waals surface area contributed by atoms with Crippen molar-refractivity contribution in [3.8, 4) is 17.2 Å². The minimum Gasteiger partial charge on any atom is -0.508 e. The molecule has 0 bridgehead atoms. The van der Waals surface area contributed by atoms with Crippen LogP contribution in [0.15, 0.2) is 61.9 Å². The van der Waals surface area contributed by atoms with E-state index in [1.807, 2.05) is 0 Å². The third kappa shape index (κ3) is 4.63. The van der Waals surface area contributed by atoms with E-state index in [4.69, 9.17) is 14.2 Å². The Hall–Kier alpha value is -3.37. The van der Waals surface area contributed by atoms with Gasteiger partial charge in [0.15, 0.2) is 4.80 Å². The van der Waals surface area contributed by atoms with Gasteiger partial charge < -0.3 is 19.3 Å². The molecule has 0 aliphatic carbocycles. The van der Waals surface area contributed by atoms with Gasteiger partial charge in [0.25, 0.3) is 5.56 Å². The first-order valence-electron chi connectivity index (χ1n) is 10.7. The zero-order chi connectivity index (χ0) is 25.3. The maximum Gasteiger partial charge on any atom is 0.338 e. The molecule has 8 nitrogen and oxygen atoms in total. The number of phenolic OH excluding ortho intramolecular Hbond substituents is 1. The van der Waals surface area contributed by atoms with E-state index in [1.165, 1.54) is 30.1 Å². The molecule has 1 atom stereocenters. The molecule has 0 radical (unpaired) electrons. The van der Waals surface area contributed by atoms with Crippen molar-refractivity contribution in [1.29, 1.82) is 0 Å². The van der Waals surface area contributed by atoms with E-state index in [0.717, 1.165) is 0 Å². The number of benzene rings is 2. The number of phenols is 1. The van der Waals surface area contributed by atoms with Crippen molar-refractivity contribution in [2.45, 2.75) is 19.9 Å². The molecule has 2 aromatic carbocycles. The highest BCUT2D eigenvalue weighted by atomic mass is 79.9. The number of hydrogen-bond donors (Lipinski definition) is 1. The van der Waals surface area contributed by atoms with E-state index in [0.29, 0.717) is 42.1 Å². The molecular weight excluding hydrogens is 536 g/mol. The van der Waals surface area contributed by atoms with Crippen molar-refractivity contribution in [3.05, 3.63) is 83.0 Å². The highest BCUT2D eigenvalue weighted by Gasteiger charge is 2.35. The van der Waals surface area contributed by atoms with Crippen LogP contribution in [0.2, 0.25) is 0 Å². The molecule has 0 saturated carbocycles. The molecule has 1 N–H and O–H groups in total. The maximum absolute atomic E-state index is 13.7. The molecule has 4 rings (SSSR count). The molecule has 0 unspecified atom stereocenters. The quantitative estimate of drug-likeness (QED) is 0.466. The van der Waals surface area contributed by atoms with Crippen LogP contribution in [0.3, 0.4) is 0 Å². The number of aromatic hydroxyl groups is 1. The molecular formula is C25H23BrN2O6S. The van der Waals surface area contributed by atoms with Gasteiger partial charge >= 0.3 is 5.97 Å². The topological polar surface area (TPSA) is 99.4 Å². The second-order valence-electron chi connectivity index (χ2n) is 7.63. The van der Waals surface area contributed by atoms with Crippen molar-refractivity contribution >= 4 is 39.3 Å². The number of halogens is 1. The lowest BCUT2D eigenvalue weighted by Gasteiger charge is -2.26. The number of methoxy groups -OCH3 is 2. The Balaban J connectivity index is 2.03. The number of thiazole rings is 1. The fraction of sp³-hybridized carbons (Fsp3) is 0.240. The average Bonchev–Trinajstić information content (AvgIpc) is 3.12. The molecule has 1 aliphatic rings. The molecule has 0 fully saturated rings. The van der Waals surface area contributed by atoms with Crippen LogP contribution in [0.4, 0.5) is 0 Å². The summed E-state index contributed by atoms with van der Waals surface area (Å²) < 4.78 is 18.9. The number of ether oxygens (including phenoxy) is 3. The summed E-state index contributed by atoms with van der Waals surface area (Å²) in [7, 11) is 3.05. The second-order valence-corrected chi connectivity index (χ2v) is 9.49. The Bertz CT molecular complexity index is 1520. The minimum absolute atomic E-state index is 0.0951. The van der Waals surface area contributed by atoms with Crippen molar-refractivity contribution < 1.29 is 24.1 Å². The number of allylic oxidation sites excluding steroid dienone is 1. The van der Waals surface area contributed by atoms with E-state index in [2.05, 4.69) is 20.9 Å². The Morgan fingerprint density at radius 1 is 1.23 bits per heavy atom. The summed E-state index contributed by atoms with van der Waals surface area (Å²) in [5.74, 6) is 0.516. The van der Waals surface area contributed by atoms with Crippen molar-refractivity contribution in [2.24, 2.45) is 4.99 Å².